The second kappa shape index (κ2) is 8.87. The van der Waals surface area contributed by atoms with Crippen molar-refractivity contribution in [1.29, 1.82) is 0 Å². The van der Waals surface area contributed by atoms with Gasteiger partial charge in [0.15, 0.2) is 6.29 Å². The van der Waals surface area contributed by atoms with E-state index in [-0.39, 0.29) is 18.7 Å². The summed E-state index contributed by atoms with van der Waals surface area (Å²) in [6.45, 7) is 3.82. The molecule has 1 fully saturated rings. The summed E-state index contributed by atoms with van der Waals surface area (Å²) in [5, 5.41) is 0.843. The van der Waals surface area contributed by atoms with Gasteiger partial charge >= 0.3 is 5.97 Å². The zero-order chi connectivity index (χ0) is 17.5. The van der Waals surface area contributed by atoms with Crippen LogP contribution in [0.25, 0.3) is 11.0 Å². The van der Waals surface area contributed by atoms with Crippen LogP contribution in [0.15, 0.2) is 28.9 Å². The second-order valence-electron chi connectivity index (χ2n) is 5.88. The Bertz CT molecular complexity index is 686. The molecule has 0 aliphatic carbocycles. The monoisotopic (exact) mass is 348 g/mol. The zero-order valence-corrected chi connectivity index (χ0v) is 14.5. The molecule has 25 heavy (non-hydrogen) atoms. The Morgan fingerprint density at radius 3 is 2.96 bits per heavy atom. The average Bonchev–Trinajstić information content (AvgIpc) is 3.12. The lowest BCUT2D eigenvalue weighted by atomic mass is 10.1. The number of furan rings is 1. The minimum absolute atomic E-state index is 0.113. The minimum atomic E-state index is -0.269. The standard InChI is InChI=1S/C19H24O6/c1-2-21-17(20)13-14-6-7-16(15-8-10-25-19(14)15)22-11-12-24-18-5-3-4-9-23-18/h6-8,10,18H,2-5,9,11-13H2,1H3. The van der Waals surface area contributed by atoms with Crippen molar-refractivity contribution in [3.8, 4) is 5.75 Å². The van der Waals surface area contributed by atoms with E-state index in [1.165, 1.54) is 0 Å². The third-order valence-electron chi connectivity index (χ3n) is 4.08. The van der Waals surface area contributed by atoms with E-state index in [1.54, 1.807) is 13.2 Å². The van der Waals surface area contributed by atoms with Gasteiger partial charge in [-0.3, -0.25) is 4.79 Å². The first-order valence-corrected chi connectivity index (χ1v) is 8.78. The maximum Gasteiger partial charge on any atom is 0.310 e. The Morgan fingerprint density at radius 1 is 1.24 bits per heavy atom. The number of hydrogen-bond donors (Lipinski definition) is 0. The van der Waals surface area contributed by atoms with Gasteiger partial charge in [0.05, 0.1) is 31.3 Å². The molecule has 1 atom stereocenters. The molecule has 0 spiro atoms. The van der Waals surface area contributed by atoms with E-state index in [0.717, 1.165) is 36.8 Å². The summed E-state index contributed by atoms with van der Waals surface area (Å²) in [6.07, 6.45) is 4.85. The topological polar surface area (TPSA) is 67.1 Å². The first kappa shape index (κ1) is 17.8. The molecule has 0 bridgehead atoms. The normalized spacial score (nSPS) is 17.6. The van der Waals surface area contributed by atoms with Crippen LogP contribution in [0.2, 0.25) is 0 Å². The molecule has 6 heteroatoms. The van der Waals surface area contributed by atoms with E-state index in [1.807, 2.05) is 18.2 Å². The van der Waals surface area contributed by atoms with Gasteiger partial charge in [0.2, 0.25) is 0 Å². The van der Waals surface area contributed by atoms with Crippen molar-refractivity contribution in [2.45, 2.75) is 38.9 Å². The average molecular weight is 348 g/mol. The Hall–Kier alpha value is -2.05. The number of fused-ring (bicyclic) bond motifs is 1. The van der Waals surface area contributed by atoms with Crippen LogP contribution in [0.5, 0.6) is 5.75 Å². The Kier molecular flexibility index (Phi) is 6.30. The van der Waals surface area contributed by atoms with E-state index >= 15 is 0 Å². The highest BCUT2D eigenvalue weighted by molar-refractivity contribution is 5.89. The summed E-state index contributed by atoms with van der Waals surface area (Å²) in [7, 11) is 0. The molecule has 1 aliphatic rings. The fourth-order valence-corrected chi connectivity index (χ4v) is 2.90. The van der Waals surface area contributed by atoms with Crippen LogP contribution in [0.1, 0.15) is 31.7 Å². The largest absolute Gasteiger partial charge is 0.490 e. The van der Waals surface area contributed by atoms with Crippen molar-refractivity contribution in [2.75, 3.05) is 26.4 Å². The molecule has 0 amide bonds. The molecule has 0 saturated carbocycles. The Labute approximate surface area is 147 Å². The van der Waals surface area contributed by atoms with E-state index in [2.05, 4.69) is 0 Å². The third kappa shape index (κ3) is 4.74. The maximum atomic E-state index is 11.7. The lowest BCUT2D eigenvalue weighted by molar-refractivity contribution is -0.165. The quantitative estimate of drug-likeness (QED) is 0.538. The number of carbonyl (C=O) groups excluding carboxylic acids is 1. The van der Waals surface area contributed by atoms with Crippen LogP contribution in [-0.2, 0) is 25.4 Å². The van der Waals surface area contributed by atoms with Gasteiger partial charge in [-0.1, -0.05) is 6.07 Å². The van der Waals surface area contributed by atoms with E-state index in [0.29, 0.717) is 31.2 Å². The Balaban J connectivity index is 1.57. The summed E-state index contributed by atoms with van der Waals surface area (Å²) >= 11 is 0. The van der Waals surface area contributed by atoms with Gasteiger partial charge in [-0.05, 0) is 38.3 Å². The molecule has 1 saturated heterocycles. The molecule has 0 radical (unpaired) electrons. The van der Waals surface area contributed by atoms with Crippen molar-refractivity contribution < 1.29 is 28.2 Å². The SMILES string of the molecule is CCOC(=O)Cc1ccc(OCCOC2CCCCO2)c2ccoc12. The van der Waals surface area contributed by atoms with Gasteiger partial charge in [0.25, 0.3) is 0 Å². The molecule has 0 N–H and O–H groups in total. The Morgan fingerprint density at radius 2 is 2.16 bits per heavy atom. The molecule has 3 rings (SSSR count). The summed E-state index contributed by atoms with van der Waals surface area (Å²) in [5.74, 6) is 0.444. The molecule has 2 aromatic rings. The maximum absolute atomic E-state index is 11.7. The fraction of sp³-hybridized carbons (Fsp3) is 0.526. The molecular formula is C19H24O6. The van der Waals surface area contributed by atoms with Gasteiger partial charge in [-0.25, -0.2) is 0 Å². The summed E-state index contributed by atoms with van der Waals surface area (Å²) in [5.41, 5.74) is 1.44. The highest BCUT2D eigenvalue weighted by atomic mass is 16.7. The lowest BCUT2D eigenvalue weighted by Gasteiger charge is -2.22. The fourth-order valence-electron chi connectivity index (χ4n) is 2.90. The number of hydrogen-bond acceptors (Lipinski definition) is 6. The van der Waals surface area contributed by atoms with Crippen molar-refractivity contribution >= 4 is 16.9 Å². The summed E-state index contributed by atoms with van der Waals surface area (Å²) in [6, 6.07) is 5.52. The van der Waals surface area contributed by atoms with Crippen molar-refractivity contribution in [3.05, 3.63) is 30.0 Å². The van der Waals surface area contributed by atoms with Crippen LogP contribution in [0.3, 0.4) is 0 Å². The van der Waals surface area contributed by atoms with Crippen LogP contribution < -0.4 is 4.74 Å². The van der Waals surface area contributed by atoms with Crippen LogP contribution in [0.4, 0.5) is 0 Å². The highest BCUT2D eigenvalue weighted by Gasteiger charge is 2.15. The first-order valence-electron chi connectivity index (χ1n) is 8.78. The molecule has 1 aliphatic heterocycles. The summed E-state index contributed by atoms with van der Waals surface area (Å²) < 4.78 is 27.5. The molecule has 6 nitrogen and oxygen atoms in total. The smallest absolute Gasteiger partial charge is 0.310 e. The van der Waals surface area contributed by atoms with Gasteiger partial charge in [-0.15, -0.1) is 0 Å². The second-order valence-corrected chi connectivity index (χ2v) is 5.88. The number of esters is 1. The molecule has 2 heterocycles. The summed E-state index contributed by atoms with van der Waals surface area (Å²) in [4.78, 5) is 11.7. The van der Waals surface area contributed by atoms with E-state index < -0.39 is 0 Å². The van der Waals surface area contributed by atoms with Crippen molar-refractivity contribution in [1.82, 2.24) is 0 Å². The van der Waals surface area contributed by atoms with Gasteiger partial charge < -0.3 is 23.4 Å². The van der Waals surface area contributed by atoms with Crippen molar-refractivity contribution in [2.24, 2.45) is 0 Å². The third-order valence-corrected chi connectivity index (χ3v) is 4.08. The van der Waals surface area contributed by atoms with Crippen molar-refractivity contribution in [3.63, 3.8) is 0 Å². The molecule has 1 aromatic carbocycles. The molecule has 1 aromatic heterocycles. The minimum Gasteiger partial charge on any atom is -0.490 e. The molecule has 1 unspecified atom stereocenters. The van der Waals surface area contributed by atoms with Gasteiger partial charge in [0, 0.05) is 12.2 Å². The van der Waals surface area contributed by atoms with Crippen LogP contribution in [-0.4, -0.2) is 38.7 Å². The number of ether oxygens (including phenoxy) is 4. The van der Waals surface area contributed by atoms with E-state index in [9.17, 15) is 4.79 Å². The highest BCUT2D eigenvalue weighted by Crippen LogP contribution is 2.30. The first-order chi connectivity index (χ1) is 12.3. The zero-order valence-electron chi connectivity index (χ0n) is 14.5. The van der Waals surface area contributed by atoms with Crippen LogP contribution in [0, 0.1) is 0 Å². The number of rotatable bonds is 8. The predicted molar refractivity (Wildman–Crippen MR) is 91.6 cm³/mol. The predicted octanol–water partition coefficient (Wildman–Crippen LogP) is 3.46. The number of carbonyl (C=O) groups is 1. The van der Waals surface area contributed by atoms with Crippen LogP contribution >= 0.6 is 0 Å². The molecule has 136 valence electrons. The molecular weight excluding hydrogens is 324 g/mol. The van der Waals surface area contributed by atoms with E-state index in [4.69, 9.17) is 23.4 Å². The van der Waals surface area contributed by atoms with Gasteiger partial charge in [-0.2, -0.15) is 0 Å². The number of benzene rings is 1. The lowest BCUT2D eigenvalue weighted by Crippen LogP contribution is -2.24. The van der Waals surface area contributed by atoms with Gasteiger partial charge in [0.1, 0.15) is 17.9 Å².